The van der Waals surface area contributed by atoms with Crippen molar-refractivity contribution < 1.29 is 18.0 Å². The molecule has 3 nitrogen and oxygen atoms in total. The Kier molecular flexibility index (Phi) is 4.72. The van der Waals surface area contributed by atoms with Crippen LogP contribution in [-0.4, -0.2) is 29.4 Å². The molecule has 2 aromatic rings. The van der Waals surface area contributed by atoms with Gasteiger partial charge in [-0.3, -0.25) is 4.79 Å². The molecule has 0 saturated heterocycles. The highest BCUT2D eigenvalue weighted by Crippen LogP contribution is 2.23. The van der Waals surface area contributed by atoms with Crippen molar-refractivity contribution in [3.8, 4) is 0 Å². The van der Waals surface area contributed by atoms with Crippen LogP contribution in [0.1, 0.15) is 5.56 Å². The first-order chi connectivity index (χ1) is 9.85. The van der Waals surface area contributed by atoms with E-state index in [9.17, 15) is 18.0 Å². The Morgan fingerprint density at radius 1 is 1.33 bits per heavy atom. The highest BCUT2D eigenvalue weighted by atomic mass is 32.2. The number of thioether (sulfide) groups is 1. The van der Waals surface area contributed by atoms with Gasteiger partial charge in [-0.05, 0) is 24.6 Å². The Bertz CT molecular complexity index is 658. The molecule has 0 aliphatic rings. The van der Waals surface area contributed by atoms with Crippen molar-refractivity contribution in [1.82, 2.24) is 10.3 Å². The predicted octanol–water partition coefficient (Wildman–Crippen LogP) is 3.31. The Morgan fingerprint density at radius 3 is 2.76 bits per heavy atom. The third-order valence-electron chi connectivity index (χ3n) is 2.74. The van der Waals surface area contributed by atoms with Crippen molar-refractivity contribution in [2.45, 2.75) is 18.1 Å². The summed E-state index contributed by atoms with van der Waals surface area (Å²) in [7, 11) is 0. The first-order valence-electron chi connectivity index (χ1n) is 6.18. The third-order valence-corrected chi connectivity index (χ3v) is 3.65. The molecule has 1 aromatic heterocycles. The second-order valence-electron chi connectivity index (χ2n) is 4.48. The highest BCUT2D eigenvalue weighted by molar-refractivity contribution is 7.99. The maximum Gasteiger partial charge on any atom is 0.405 e. The molecule has 0 fully saturated rings. The number of para-hydroxylation sites is 1. The van der Waals surface area contributed by atoms with E-state index in [1.807, 2.05) is 42.6 Å². The maximum absolute atomic E-state index is 12.0. The number of halogens is 3. The van der Waals surface area contributed by atoms with E-state index >= 15 is 0 Å². The molecule has 0 atom stereocenters. The summed E-state index contributed by atoms with van der Waals surface area (Å²) < 4.78 is 35.9. The van der Waals surface area contributed by atoms with Gasteiger partial charge in [0.2, 0.25) is 5.91 Å². The quantitative estimate of drug-likeness (QED) is 0.880. The van der Waals surface area contributed by atoms with Crippen LogP contribution in [0.2, 0.25) is 0 Å². The Morgan fingerprint density at radius 2 is 2.05 bits per heavy atom. The van der Waals surface area contributed by atoms with E-state index in [1.165, 1.54) is 0 Å². The number of fused-ring (bicyclic) bond motifs is 1. The van der Waals surface area contributed by atoms with Crippen molar-refractivity contribution in [1.29, 1.82) is 0 Å². The fraction of sp³-hybridized carbons (Fsp3) is 0.286. The van der Waals surface area contributed by atoms with Crippen LogP contribution in [0.4, 0.5) is 13.2 Å². The van der Waals surface area contributed by atoms with Crippen LogP contribution in [-0.2, 0) is 4.79 Å². The van der Waals surface area contributed by atoms with Gasteiger partial charge >= 0.3 is 6.18 Å². The van der Waals surface area contributed by atoms with Crippen LogP contribution in [0.25, 0.3) is 10.9 Å². The molecule has 1 N–H and O–H groups in total. The number of hydrogen-bond acceptors (Lipinski definition) is 3. The zero-order valence-corrected chi connectivity index (χ0v) is 12.0. The second-order valence-corrected chi connectivity index (χ2v) is 5.47. The monoisotopic (exact) mass is 314 g/mol. The topological polar surface area (TPSA) is 42.0 Å². The smallest absolute Gasteiger partial charge is 0.346 e. The Labute approximate surface area is 123 Å². The van der Waals surface area contributed by atoms with Crippen LogP contribution in [0.15, 0.2) is 35.4 Å². The molecule has 2 rings (SSSR count). The molecule has 0 saturated carbocycles. The summed E-state index contributed by atoms with van der Waals surface area (Å²) >= 11 is 1.12. The molecule has 21 heavy (non-hydrogen) atoms. The molecule has 0 aliphatic carbocycles. The molecule has 1 aromatic carbocycles. The summed E-state index contributed by atoms with van der Waals surface area (Å²) in [6.07, 6.45) is -4.39. The van der Waals surface area contributed by atoms with Crippen LogP contribution >= 0.6 is 11.8 Å². The van der Waals surface area contributed by atoms with Crippen molar-refractivity contribution in [3.63, 3.8) is 0 Å². The molecule has 0 bridgehead atoms. The number of carbonyl (C=O) groups is 1. The lowest BCUT2D eigenvalue weighted by Gasteiger charge is -2.08. The lowest BCUT2D eigenvalue weighted by Crippen LogP contribution is -2.34. The number of carbonyl (C=O) groups excluding carboxylic acids is 1. The number of benzene rings is 1. The minimum Gasteiger partial charge on any atom is -0.346 e. The van der Waals surface area contributed by atoms with Gasteiger partial charge in [0, 0.05) is 5.39 Å². The third kappa shape index (κ3) is 4.63. The second kappa shape index (κ2) is 6.34. The van der Waals surface area contributed by atoms with Gasteiger partial charge in [-0.2, -0.15) is 13.2 Å². The number of rotatable bonds is 4. The summed E-state index contributed by atoms with van der Waals surface area (Å²) in [6, 6.07) is 9.40. The fourth-order valence-corrected chi connectivity index (χ4v) is 2.59. The minimum atomic E-state index is -4.39. The van der Waals surface area contributed by atoms with Crippen molar-refractivity contribution >= 4 is 28.6 Å². The SMILES string of the molecule is Cc1cc(SCC(=O)NCC(F)(F)F)nc2ccccc12. The van der Waals surface area contributed by atoms with Crippen LogP contribution in [0.3, 0.4) is 0 Å². The summed E-state index contributed by atoms with van der Waals surface area (Å²) in [5.74, 6) is -0.758. The zero-order valence-electron chi connectivity index (χ0n) is 11.2. The average molecular weight is 314 g/mol. The fourth-order valence-electron chi connectivity index (χ4n) is 1.78. The number of nitrogens with one attached hydrogen (secondary N) is 1. The number of aromatic nitrogens is 1. The van der Waals surface area contributed by atoms with E-state index in [1.54, 1.807) is 0 Å². The molecular weight excluding hydrogens is 301 g/mol. The van der Waals surface area contributed by atoms with Gasteiger partial charge in [0.1, 0.15) is 6.54 Å². The van der Waals surface area contributed by atoms with Gasteiger partial charge in [0.15, 0.2) is 0 Å². The molecule has 0 unspecified atom stereocenters. The lowest BCUT2D eigenvalue weighted by atomic mass is 10.1. The summed E-state index contributed by atoms with van der Waals surface area (Å²) in [6.45, 7) is 0.619. The Hall–Kier alpha value is -1.76. The summed E-state index contributed by atoms with van der Waals surface area (Å²) in [5, 5.41) is 3.47. The standard InChI is InChI=1S/C14H13F3N2OS/c1-9-6-13(19-11-5-3-2-4-10(9)11)21-7-12(20)18-8-14(15,16)17/h2-6H,7-8H2,1H3,(H,18,20). The van der Waals surface area contributed by atoms with Crippen molar-refractivity contribution in [2.75, 3.05) is 12.3 Å². The lowest BCUT2D eigenvalue weighted by molar-refractivity contribution is -0.136. The maximum atomic E-state index is 12.0. The summed E-state index contributed by atoms with van der Waals surface area (Å²) in [4.78, 5) is 15.7. The van der Waals surface area contributed by atoms with Crippen LogP contribution in [0.5, 0.6) is 0 Å². The van der Waals surface area contributed by atoms with Crippen molar-refractivity contribution in [2.24, 2.45) is 0 Å². The molecule has 0 spiro atoms. The largest absolute Gasteiger partial charge is 0.405 e. The predicted molar refractivity (Wildman–Crippen MR) is 76.3 cm³/mol. The van der Waals surface area contributed by atoms with Gasteiger partial charge in [-0.1, -0.05) is 30.0 Å². The number of pyridine rings is 1. The van der Waals surface area contributed by atoms with E-state index in [2.05, 4.69) is 4.98 Å². The first-order valence-corrected chi connectivity index (χ1v) is 7.16. The number of alkyl halides is 3. The number of amides is 1. The zero-order chi connectivity index (χ0) is 15.5. The minimum absolute atomic E-state index is 0.0964. The molecule has 7 heteroatoms. The van der Waals surface area contributed by atoms with Crippen LogP contribution in [0, 0.1) is 6.92 Å². The molecule has 112 valence electrons. The van der Waals surface area contributed by atoms with E-state index in [0.29, 0.717) is 5.03 Å². The van der Waals surface area contributed by atoms with E-state index in [4.69, 9.17) is 0 Å². The normalized spacial score (nSPS) is 11.6. The first kappa shape index (κ1) is 15.6. The van der Waals surface area contributed by atoms with Gasteiger partial charge in [0.25, 0.3) is 0 Å². The van der Waals surface area contributed by atoms with Gasteiger partial charge in [-0.25, -0.2) is 4.98 Å². The van der Waals surface area contributed by atoms with Gasteiger partial charge in [-0.15, -0.1) is 0 Å². The number of hydrogen-bond donors (Lipinski definition) is 1. The summed E-state index contributed by atoms with van der Waals surface area (Å²) in [5.41, 5.74) is 1.81. The van der Waals surface area contributed by atoms with Crippen LogP contribution < -0.4 is 5.32 Å². The number of nitrogens with zero attached hydrogens (tertiary/aromatic N) is 1. The van der Waals surface area contributed by atoms with Crippen molar-refractivity contribution in [3.05, 3.63) is 35.9 Å². The molecule has 0 radical (unpaired) electrons. The molecule has 1 heterocycles. The van der Waals surface area contributed by atoms with E-state index < -0.39 is 18.6 Å². The number of aryl methyl sites for hydroxylation is 1. The molecule has 0 aliphatic heterocycles. The van der Waals surface area contributed by atoms with E-state index in [0.717, 1.165) is 28.2 Å². The van der Waals surface area contributed by atoms with Gasteiger partial charge in [0.05, 0.1) is 16.3 Å². The van der Waals surface area contributed by atoms with Gasteiger partial charge < -0.3 is 5.32 Å². The molecular formula is C14H13F3N2OS. The Balaban J connectivity index is 1.99. The van der Waals surface area contributed by atoms with E-state index in [-0.39, 0.29) is 5.75 Å². The molecule has 1 amide bonds. The highest BCUT2D eigenvalue weighted by Gasteiger charge is 2.27. The average Bonchev–Trinajstić information content (AvgIpc) is 2.42.